The van der Waals surface area contributed by atoms with Crippen molar-refractivity contribution < 1.29 is 9.90 Å². The van der Waals surface area contributed by atoms with Gasteiger partial charge in [0.05, 0.1) is 0 Å². The molecule has 16 heavy (non-hydrogen) atoms. The predicted molar refractivity (Wildman–Crippen MR) is 63.5 cm³/mol. The zero-order valence-electron chi connectivity index (χ0n) is 9.31. The van der Waals surface area contributed by atoms with Gasteiger partial charge in [0.25, 0.3) is 0 Å². The summed E-state index contributed by atoms with van der Waals surface area (Å²) < 4.78 is 2.18. The molecule has 1 aromatic heterocycles. The largest absolute Gasteiger partial charge is 0.481 e. The fraction of sp³-hybridized carbons (Fsp3) is 0.308. The lowest BCUT2D eigenvalue weighted by molar-refractivity contribution is -0.137. The Morgan fingerprint density at radius 1 is 1.38 bits per heavy atom. The fourth-order valence-corrected chi connectivity index (χ4v) is 2.03. The van der Waals surface area contributed by atoms with Crippen molar-refractivity contribution in [2.75, 3.05) is 0 Å². The van der Waals surface area contributed by atoms with E-state index in [2.05, 4.69) is 29.7 Å². The Bertz CT molecular complexity index is 514. The summed E-state index contributed by atoms with van der Waals surface area (Å²) in [5, 5.41) is 9.83. The molecule has 1 aromatic carbocycles. The minimum Gasteiger partial charge on any atom is -0.481 e. The second-order valence-electron chi connectivity index (χ2n) is 3.99. The molecule has 0 saturated carbocycles. The zero-order chi connectivity index (χ0) is 11.5. The Hall–Kier alpha value is -1.77. The first-order valence-electron chi connectivity index (χ1n) is 5.45. The van der Waals surface area contributed by atoms with Gasteiger partial charge in [0, 0.05) is 24.2 Å². The number of hydrogen-bond donors (Lipinski definition) is 1. The molecule has 0 aliphatic rings. The maximum Gasteiger partial charge on any atom is 0.303 e. The van der Waals surface area contributed by atoms with Gasteiger partial charge >= 0.3 is 5.97 Å². The van der Waals surface area contributed by atoms with Crippen LogP contribution in [-0.2, 0) is 11.3 Å². The monoisotopic (exact) mass is 217 g/mol. The topological polar surface area (TPSA) is 42.2 Å². The van der Waals surface area contributed by atoms with Crippen LogP contribution in [0.1, 0.15) is 18.5 Å². The Morgan fingerprint density at radius 2 is 2.12 bits per heavy atom. The second kappa shape index (κ2) is 4.39. The minimum absolute atomic E-state index is 0.228. The number of para-hydroxylation sites is 1. The van der Waals surface area contributed by atoms with Crippen LogP contribution >= 0.6 is 0 Å². The Balaban J connectivity index is 2.22. The van der Waals surface area contributed by atoms with Gasteiger partial charge in [-0.15, -0.1) is 0 Å². The first-order chi connectivity index (χ1) is 7.68. The summed E-state index contributed by atoms with van der Waals surface area (Å²) in [6, 6.07) is 10.3. The van der Waals surface area contributed by atoms with Gasteiger partial charge < -0.3 is 9.67 Å². The lowest BCUT2D eigenvalue weighted by atomic mass is 10.2. The number of aromatic nitrogens is 1. The second-order valence-corrected chi connectivity index (χ2v) is 3.99. The highest BCUT2D eigenvalue weighted by atomic mass is 16.4. The van der Waals surface area contributed by atoms with Crippen LogP contribution in [-0.4, -0.2) is 15.6 Å². The normalized spacial score (nSPS) is 10.8. The molecule has 0 unspecified atom stereocenters. The third-order valence-electron chi connectivity index (χ3n) is 2.79. The Morgan fingerprint density at radius 3 is 2.88 bits per heavy atom. The van der Waals surface area contributed by atoms with Crippen molar-refractivity contribution in [2.24, 2.45) is 0 Å². The third kappa shape index (κ3) is 2.08. The van der Waals surface area contributed by atoms with Crippen molar-refractivity contribution in [3.05, 3.63) is 36.0 Å². The van der Waals surface area contributed by atoms with Crippen molar-refractivity contribution in [3.8, 4) is 0 Å². The van der Waals surface area contributed by atoms with Crippen LogP contribution in [0.5, 0.6) is 0 Å². The number of hydrogen-bond acceptors (Lipinski definition) is 1. The van der Waals surface area contributed by atoms with E-state index in [1.807, 2.05) is 12.1 Å². The maximum absolute atomic E-state index is 10.5. The van der Waals surface area contributed by atoms with Gasteiger partial charge in [0.2, 0.25) is 0 Å². The number of carboxylic acids is 1. The van der Waals surface area contributed by atoms with E-state index in [0.717, 1.165) is 6.54 Å². The van der Waals surface area contributed by atoms with E-state index in [0.29, 0.717) is 6.42 Å². The number of aliphatic carboxylic acids is 1. The van der Waals surface area contributed by atoms with Crippen LogP contribution in [0.3, 0.4) is 0 Å². The van der Waals surface area contributed by atoms with Crippen molar-refractivity contribution in [1.29, 1.82) is 0 Å². The van der Waals surface area contributed by atoms with Gasteiger partial charge in [-0.25, -0.2) is 0 Å². The van der Waals surface area contributed by atoms with Crippen molar-refractivity contribution in [3.63, 3.8) is 0 Å². The number of fused-ring (bicyclic) bond motifs is 1. The van der Waals surface area contributed by atoms with Gasteiger partial charge in [-0.3, -0.25) is 4.79 Å². The first-order valence-corrected chi connectivity index (χ1v) is 5.45. The highest BCUT2D eigenvalue weighted by Crippen LogP contribution is 2.19. The van der Waals surface area contributed by atoms with E-state index < -0.39 is 5.97 Å². The molecule has 2 rings (SSSR count). The average molecular weight is 217 g/mol. The molecule has 0 aliphatic carbocycles. The van der Waals surface area contributed by atoms with Crippen molar-refractivity contribution >= 4 is 16.9 Å². The summed E-state index contributed by atoms with van der Waals surface area (Å²) in [7, 11) is 0. The first kappa shape index (κ1) is 10.7. The molecule has 0 atom stereocenters. The summed E-state index contributed by atoms with van der Waals surface area (Å²) in [4.78, 5) is 10.5. The van der Waals surface area contributed by atoms with Gasteiger partial charge in [-0.2, -0.15) is 0 Å². The van der Waals surface area contributed by atoms with E-state index in [4.69, 9.17) is 5.11 Å². The predicted octanol–water partition coefficient (Wildman–Crippen LogP) is 2.81. The summed E-state index contributed by atoms with van der Waals surface area (Å²) in [6.07, 6.45) is 0.904. The molecule has 0 saturated heterocycles. The van der Waals surface area contributed by atoms with E-state index in [1.165, 1.54) is 16.6 Å². The zero-order valence-corrected chi connectivity index (χ0v) is 9.31. The summed E-state index contributed by atoms with van der Waals surface area (Å²) in [6.45, 7) is 2.83. The summed E-state index contributed by atoms with van der Waals surface area (Å²) in [5.74, 6) is -0.728. The molecule has 0 fully saturated rings. The number of carbonyl (C=O) groups is 1. The number of benzene rings is 1. The molecule has 0 spiro atoms. The molecule has 3 heteroatoms. The van der Waals surface area contributed by atoms with E-state index in [1.54, 1.807) is 0 Å². The van der Waals surface area contributed by atoms with Gasteiger partial charge in [-0.05, 0) is 30.9 Å². The molecule has 0 aliphatic heterocycles. The standard InChI is InChI=1S/C13H15NO2/c1-10-9-11-5-2-3-6-12(11)14(10)8-4-7-13(15)16/h2-3,5-6,9H,4,7-8H2,1H3,(H,15,16). The summed E-state index contributed by atoms with van der Waals surface area (Å²) in [5.41, 5.74) is 2.37. The van der Waals surface area contributed by atoms with E-state index in [-0.39, 0.29) is 6.42 Å². The molecule has 84 valence electrons. The highest BCUT2D eigenvalue weighted by molar-refractivity contribution is 5.81. The number of rotatable bonds is 4. The number of nitrogens with zero attached hydrogens (tertiary/aromatic N) is 1. The molecular weight excluding hydrogens is 202 g/mol. The van der Waals surface area contributed by atoms with E-state index >= 15 is 0 Å². The maximum atomic E-state index is 10.5. The lowest BCUT2D eigenvalue weighted by Gasteiger charge is -2.06. The SMILES string of the molecule is Cc1cc2ccccc2n1CCCC(=O)O. The van der Waals surface area contributed by atoms with Crippen LogP contribution in [0.2, 0.25) is 0 Å². The van der Waals surface area contributed by atoms with Crippen molar-refractivity contribution in [1.82, 2.24) is 4.57 Å². The smallest absolute Gasteiger partial charge is 0.303 e. The lowest BCUT2D eigenvalue weighted by Crippen LogP contribution is -2.03. The van der Waals surface area contributed by atoms with Crippen LogP contribution in [0, 0.1) is 6.92 Å². The quantitative estimate of drug-likeness (QED) is 0.855. The average Bonchev–Trinajstić information content (AvgIpc) is 2.55. The van der Waals surface area contributed by atoms with Gasteiger partial charge in [0.15, 0.2) is 0 Å². The molecule has 3 nitrogen and oxygen atoms in total. The molecule has 0 bridgehead atoms. The van der Waals surface area contributed by atoms with Crippen LogP contribution < -0.4 is 0 Å². The molecule has 0 amide bonds. The Kier molecular flexibility index (Phi) is 2.95. The van der Waals surface area contributed by atoms with E-state index in [9.17, 15) is 4.79 Å². The molecule has 0 radical (unpaired) electrons. The van der Waals surface area contributed by atoms with Crippen LogP contribution in [0.25, 0.3) is 10.9 Å². The number of aryl methyl sites for hydroxylation is 2. The highest BCUT2D eigenvalue weighted by Gasteiger charge is 2.05. The van der Waals surface area contributed by atoms with Crippen molar-refractivity contribution in [2.45, 2.75) is 26.3 Å². The number of carboxylic acid groups (broad SMARTS) is 1. The molecule has 1 heterocycles. The van der Waals surface area contributed by atoms with Gasteiger partial charge in [0.1, 0.15) is 0 Å². The molecule has 2 aromatic rings. The molecular formula is C13H15NO2. The third-order valence-corrected chi connectivity index (χ3v) is 2.79. The summed E-state index contributed by atoms with van der Waals surface area (Å²) >= 11 is 0. The minimum atomic E-state index is -0.728. The van der Waals surface area contributed by atoms with Crippen LogP contribution in [0.15, 0.2) is 30.3 Å². The van der Waals surface area contributed by atoms with Gasteiger partial charge in [-0.1, -0.05) is 18.2 Å². The molecule has 1 N–H and O–H groups in total. The Labute approximate surface area is 94.3 Å². The fourth-order valence-electron chi connectivity index (χ4n) is 2.03. The van der Waals surface area contributed by atoms with Crippen LogP contribution in [0.4, 0.5) is 0 Å².